The third-order valence-corrected chi connectivity index (χ3v) is 4.39. The van der Waals surface area contributed by atoms with Gasteiger partial charge in [-0.05, 0) is 36.1 Å². The van der Waals surface area contributed by atoms with E-state index in [0.717, 1.165) is 18.7 Å². The number of carbonyl (C=O) groups is 1. The zero-order chi connectivity index (χ0) is 14.5. The van der Waals surface area contributed by atoms with E-state index in [1.54, 1.807) is 0 Å². The molecule has 21 heavy (non-hydrogen) atoms. The van der Waals surface area contributed by atoms with Crippen LogP contribution in [-0.2, 0) is 17.8 Å². The van der Waals surface area contributed by atoms with Crippen LogP contribution in [-0.4, -0.2) is 25.2 Å². The summed E-state index contributed by atoms with van der Waals surface area (Å²) in [4.78, 5) is 12.1. The third-order valence-electron chi connectivity index (χ3n) is 4.39. The van der Waals surface area contributed by atoms with Crippen molar-refractivity contribution in [3.05, 3.63) is 34.9 Å². The highest BCUT2D eigenvalue weighted by molar-refractivity contribution is 5.94. The van der Waals surface area contributed by atoms with Crippen molar-refractivity contribution in [2.45, 2.75) is 51.3 Å². The Hall–Kier alpha value is -1.39. The largest absolute Gasteiger partial charge is 0.376 e. The Labute approximate surface area is 126 Å². The second kappa shape index (κ2) is 7.05. The van der Waals surface area contributed by atoms with Crippen LogP contribution < -0.4 is 10.6 Å². The lowest BCUT2D eigenvalue weighted by Crippen LogP contribution is -2.29. The second-order valence-electron chi connectivity index (χ2n) is 5.97. The van der Waals surface area contributed by atoms with Gasteiger partial charge in [0.2, 0.25) is 0 Å². The van der Waals surface area contributed by atoms with Crippen LogP contribution >= 0.6 is 0 Å². The maximum Gasteiger partial charge on any atom is 0.251 e. The maximum absolute atomic E-state index is 12.1. The van der Waals surface area contributed by atoms with E-state index >= 15 is 0 Å². The van der Waals surface area contributed by atoms with Crippen LogP contribution in [0.2, 0.25) is 0 Å². The van der Waals surface area contributed by atoms with Gasteiger partial charge in [-0.25, -0.2) is 0 Å². The average molecular weight is 288 g/mol. The van der Waals surface area contributed by atoms with Crippen molar-refractivity contribution in [2.75, 3.05) is 13.2 Å². The number of rotatable bonds is 5. The molecule has 0 saturated heterocycles. The summed E-state index contributed by atoms with van der Waals surface area (Å²) in [5.41, 5.74) is 3.28. The minimum atomic E-state index is -0.00283. The van der Waals surface area contributed by atoms with Crippen LogP contribution in [0.5, 0.6) is 0 Å². The Balaban J connectivity index is 1.41. The van der Waals surface area contributed by atoms with Crippen LogP contribution in [0.4, 0.5) is 0 Å². The number of nitrogens with one attached hydrogen (secondary N) is 2. The van der Waals surface area contributed by atoms with Crippen molar-refractivity contribution >= 4 is 5.91 Å². The topological polar surface area (TPSA) is 50.4 Å². The fraction of sp³-hybridized carbons (Fsp3) is 0.588. The van der Waals surface area contributed by atoms with Crippen molar-refractivity contribution in [1.29, 1.82) is 0 Å². The van der Waals surface area contributed by atoms with Crippen LogP contribution in [0.25, 0.3) is 0 Å². The zero-order valence-corrected chi connectivity index (χ0v) is 12.5. The Morgan fingerprint density at radius 3 is 2.86 bits per heavy atom. The maximum atomic E-state index is 12.1. The van der Waals surface area contributed by atoms with Gasteiger partial charge in [0.15, 0.2) is 0 Å². The number of hydrogen-bond donors (Lipinski definition) is 2. The lowest BCUT2D eigenvalue weighted by molar-refractivity contribution is 0.0299. The molecule has 0 unspecified atom stereocenters. The van der Waals surface area contributed by atoms with E-state index in [1.165, 1.54) is 43.2 Å². The highest BCUT2D eigenvalue weighted by atomic mass is 16.5. The van der Waals surface area contributed by atoms with Crippen molar-refractivity contribution < 1.29 is 9.53 Å². The first-order valence-electron chi connectivity index (χ1n) is 8.05. The number of fused-ring (bicyclic) bond motifs is 1. The van der Waals surface area contributed by atoms with E-state index < -0.39 is 0 Å². The van der Waals surface area contributed by atoms with E-state index in [9.17, 15) is 4.79 Å². The first-order chi connectivity index (χ1) is 10.3. The highest BCUT2D eigenvalue weighted by Gasteiger charge is 2.15. The Bertz CT molecular complexity index is 496. The second-order valence-corrected chi connectivity index (χ2v) is 5.97. The van der Waals surface area contributed by atoms with Gasteiger partial charge in [-0.3, -0.25) is 4.79 Å². The van der Waals surface area contributed by atoms with Gasteiger partial charge in [-0.15, -0.1) is 0 Å². The van der Waals surface area contributed by atoms with Gasteiger partial charge < -0.3 is 15.4 Å². The van der Waals surface area contributed by atoms with E-state index in [1.807, 2.05) is 18.2 Å². The number of amides is 1. The number of carbonyl (C=O) groups excluding carboxylic acids is 1. The van der Waals surface area contributed by atoms with Crippen LogP contribution in [0, 0.1) is 0 Å². The molecule has 0 bridgehead atoms. The first kappa shape index (κ1) is 14.5. The van der Waals surface area contributed by atoms with Gasteiger partial charge in [0.25, 0.3) is 5.91 Å². The molecular formula is C17H24N2O2. The van der Waals surface area contributed by atoms with E-state index in [2.05, 4.69) is 10.6 Å². The van der Waals surface area contributed by atoms with Gasteiger partial charge in [-0.2, -0.15) is 0 Å². The predicted octanol–water partition coefficient (Wildman–Crippen LogP) is 2.37. The third kappa shape index (κ3) is 3.83. The molecule has 0 aromatic heterocycles. The average Bonchev–Trinajstić information content (AvgIpc) is 3.00. The van der Waals surface area contributed by atoms with Crippen molar-refractivity contribution in [1.82, 2.24) is 10.6 Å². The van der Waals surface area contributed by atoms with Crippen LogP contribution in [0.15, 0.2) is 18.2 Å². The summed E-state index contributed by atoms with van der Waals surface area (Å²) in [6, 6.07) is 5.94. The lowest BCUT2D eigenvalue weighted by Gasteiger charge is -2.22. The fourth-order valence-corrected chi connectivity index (χ4v) is 3.16. The minimum Gasteiger partial charge on any atom is -0.376 e. The fourth-order valence-electron chi connectivity index (χ4n) is 3.16. The van der Waals surface area contributed by atoms with E-state index in [4.69, 9.17) is 4.74 Å². The molecule has 3 rings (SSSR count). The standard InChI is InChI=1S/C17H24N2O2/c20-17(13-6-7-14-11-18-12-15(14)10-13)19-8-9-21-16-4-2-1-3-5-16/h6-7,10,16,18H,1-5,8-9,11-12H2,(H,19,20). The van der Waals surface area contributed by atoms with Crippen molar-refractivity contribution in [3.63, 3.8) is 0 Å². The molecule has 1 saturated carbocycles. The quantitative estimate of drug-likeness (QED) is 0.818. The lowest BCUT2D eigenvalue weighted by atomic mass is 9.98. The monoisotopic (exact) mass is 288 g/mol. The molecule has 2 N–H and O–H groups in total. The number of benzene rings is 1. The van der Waals surface area contributed by atoms with Crippen molar-refractivity contribution in [2.24, 2.45) is 0 Å². The molecule has 0 radical (unpaired) electrons. The summed E-state index contributed by atoms with van der Waals surface area (Å²) in [6.07, 6.45) is 6.64. The Kier molecular flexibility index (Phi) is 4.88. The molecule has 1 aromatic rings. The molecule has 1 aliphatic carbocycles. The van der Waals surface area contributed by atoms with Gasteiger partial charge >= 0.3 is 0 Å². The minimum absolute atomic E-state index is 0.00283. The summed E-state index contributed by atoms with van der Waals surface area (Å²) in [5.74, 6) is -0.00283. The molecule has 1 aromatic carbocycles. The SMILES string of the molecule is O=C(NCCOC1CCCCC1)c1ccc2c(c1)CNC2. The molecule has 1 amide bonds. The van der Waals surface area contributed by atoms with Gasteiger partial charge in [0, 0.05) is 25.2 Å². The normalized spacial score (nSPS) is 18.5. The number of hydrogen-bond acceptors (Lipinski definition) is 3. The molecule has 4 nitrogen and oxygen atoms in total. The zero-order valence-electron chi connectivity index (χ0n) is 12.5. The molecule has 4 heteroatoms. The highest BCUT2D eigenvalue weighted by Crippen LogP contribution is 2.20. The molecule has 1 aliphatic heterocycles. The van der Waals surface area contributed by atoms with Gasteiger partial charge in [0.1, 0.15) is 0 Å². The summed E-state index contributed by atoms with van der Waals surface area (Å²) >= 11 is 0. The molecule has 0 atom stereocenters. The van der Waals surface area contributed by atoms with Crippen molar-refractivity contribution in [3.8, 4) is 0 Å². The Morgan fingerprint density at radius 2 is 2.00 bits per heavy atom. The molecule has 2 aliphatic rings. The summed E-state index contributed by atoms with van der Waals surface area (Å²) in [7, 11) is 0. The Morgan fingerprint density at radius 1 is 1.19 bits per heavy atom. The molecule has 1 heterocycles. The molecule has 1 fully saturated rings. The van der Waals surface area contributed by atoms with Crippen LogP contribution in [0.3, 0.4) is 0 Å². The summed E-state index contributed by atoms with van der Waals surface area (Å²) < 4.78 is 5.82. The molecule has 0 spiro atoms. The first-order valence-corrected chi connectivity index (χ1v) is 8.05. The van der Waals surface area contributed by atoms with E-state index in [-0.39, 0.29) is 5.91 Å². The predicted molar refractivity (Wildman–Crippen MR) is 82.1 cm³/mol. The van der Waals surface area contributed by atoms with Gasteiger partial charge in [-0.1, -0.05) is 25.3 Å². The number of ether oxygens (including phenoxy) is 1. The molecule has 114 valence electrons. The van der Waals surface area contributed by atoms with Crippen LogP contribution in [0.1, 0.15) is 53.6 Å². The summed E-state index contributed by atoms with van der Waals surface area (Å²) in [6.45, 7) is 2.97. The smallest absolute Gasteiger partial charge is 0.251 e. The molecular weight excluding hydrogens is 264 g/mol. The van der Waals surface area contributed by atoms with E-state index in [0.29, 0.717) is 19.3 Å². The summed E-state index contributed by atoms with van der Waals surface area (Å²) in [5, 5.41) is 6.24. The van der Waals surface area contributed by atoms with Gasteiger partial charge in [0.05, 0.1) is 12.7 Å².